The van der Waals surface area contributed by atoms with Gasteiger partial charge in [-0.2, -0.15) is 0 Å². The number of benzene rings is 1. The maximum Gasteiger partial charge on any atom is 0.225 e. The van der Waals surface area contributed by atoms with Gasteiger partial charge in [-0.15, -0.1) is 0 Å². The van der Waals surface area contributed by atoms with Gasteiger partial charge >= 0.3 is 0 Å². The first-order valence-corrected chi connectivity index (χ1v) is 10.9. The van der Waals surface area contributed by atoms with Crippen molar-refractivity contribution >= 4 is 15.7 Å². The molecule has 1 heterocycles. The molecule has 0 saturated carbocycles. The molecule has 0 aromatic heterocycles. The Morgan fingerprint density at radius 3 is 2.44 bits per heavy atom. The van der Waals surface area contributed by atoms with Crippen molar-refractivity contribution in [3.8, 4) is 0 Å². The SMILES string of the molecule is CCCC(CCC)C(=O)N1CCC(c2ccccc2F)S(=O)(=O)CC1. The predicted molar refractivity (Wildman–Crippen MR) is 97.4 cm³/mol. The summed E-state index contributed by atoms with van der Waals surface area (Å²) in [6.45, 7) is 4.67. The van der Waals surface area contributed by atoms with Crippen LogP contribution in [0, 0.1) is 11.7 Å². The van der Waals surface area contributed by atoms with Crippen LogP contribution in [0.4, 0.5) is 4.39 Å². The van der Waals surface area contributed by atoms with Gasteiger partial charge in [0.1, 0.15) is 5.82 Å². The lowest BCUT2D eigenvalue weighted by Gasteiger charge is -2.25. The first-order valence-electron chi connectivity index (χ1n) is 9.15. The number of hydrogen-bond acceptors (Lipinski definition) is 3. The number of halogens is 1. The van der Waals surface area contributed by atoms with Crippen molar-refractivity contribution in [1.29, 1.82) is 0 Å². The van der Waals surface area contributed by atoms with Gasteiger partial charge in [0.2, 0.25) is 5.91 Å². The fourth-order valence-electron chi connectivity index (χ4n) is 3.60. The summed E-state index contributed by atoms with van der Waals surface area (Å²) in [5, 5.41) is -0.873. The van der Waals surface area contributed by atoms with Crippen molar-refractivity contribution in [2.45, 2.75) is 51.2 Å². The van der Waals surface area contributed by atoms with Crippen molar-refractivity contribution < 1.29 is 17.6 Å². The quantitative estimate of drug-likeness (QED) is 0.768. The van der Waals surface area contributed by atoms with Crippen molar-refractivity contribution in [2.24, 2.45) is 5.92 Å². The Bertz CT molecular complexity index is 684. The average Bonchev–Trinajstić information content (AvgIpc) is 2.73. The summed E-state index contributed by atoms with van der Waals surface area (Å²) in [6.07, 6.45) is 3.76. The molecule has 2 rings (SSSR count). The van der Waals surface area contributed by atoms with Gasteiger partial charge < -0.3 is 4.90 Å². The van der Waals surface area contributed by atoms with E-state index >= 15 is 0 Å². The number of carbonyl (C=O) groups excluding carboxylic acids is 1. The molecule has 4 nitrogen and oxygen atoms in total. The molecule has 1 fully saturated rings. The second-order valence-corrected chi connectivity index (χ2v) is 9.07. The Morgan fingerprint density at radius 2 is 1.84 bits per heavy atom. The van der Waals surface area contributed by atoms with Gasteiger partial charge in [-0.25, -0.2) is 12.8 Å². The highest BCUT2D eigenvalue weighted by Crippen LogP contribution is 2.31. The van der Waals surface area contributed by atoms with E-state index in [1.807, 2.05) is 0 Å². The van der Waals surface area contributed by atoms with Crippen LogP contribution in [-0.4, -0.2) is 38.1 Å². The highest BCUT2D eigenvalue weighted by Gasteiger charge is 2.35. The Hall–Kier alpha value is -1.43. The van der Waals surface area contributed by atoms with E-state index in [1.54, 1.807) is 17.0 Å². The number of amides is 1. The zero-order valence-corrected chi connectivity index (χ0v) is 15.9. The van der Waals surface area contributed by atoms with Gasteiger partial charge in [0.25, 0.3) is 0 Å². The van der Waals surface area contributed by atoms with Crippen LogP contribution in [0.2, 0.25) is 0 Å². The second kappa shape index (κ2) is 8.79. The third-order valence-electron chi connectivity index (χ3n) is 4.93. The maximum absolute atomic E-state index is 14.1. The van der Waals surface area contributed by atoms with Crippen LogP contribution in [0.5, 0.6) is 0 Å². The number of sulfone groups is 1. The van der Waals surface area contributed by atoms with Gasteiger partial charge in [0, 0.05) is 24.6 Å². The zero-order valence-electron chi connectivity index (χ0n) is 15.1. The van der Waals surface area contributed by atoms with Crippen LogP contribution in [0.3, 0.4) is 0 Å². The monoisotopic (exact) mass is 369 g/mol. The van der Waals surface area contributed by atoms with E-state index in [2.05, 4.69) is 13.8 Å². The highest BCUT2D eigenvalue weighted by atomic mass is 32.2. The number of carbonyl (C=O) groups is 1. The summed E-state index contributed by atoms with van der Waals surface area (Å²) in [7, 11) is -3.49. The number of rotatable bonds is 6. The fraction of sp³-hybridized carbons (Fsp3) is 0.632. The topological polar surface area (TPSA) is 54.5 Å². The molecule has 140 valence electrons. The van der Waals surface area contributed by atoms with E-state index in [4.69, 9.17) is 0 Å². The fourth-order valence-corrected chi connectivity index (χ4v) is 5.40. The molecule has 1 saturated heterocycles. The van der Waals surface area contributed by atoms with Crippen LogP contribution < -0.4 is 0 Å². The lowest BCUT2D eigenvalue weighted by Crippen LogP contribution is -2.38. The van der Waals surface area contributed by atoms with Crippen molar-refractivity contribution in [2.75, 3.05) is 18.8 Å². The smallest absolute Gasteiger partial charge is 0.225 e. The van der Waals surface area contributed by atoms with Gasteiger partial charge in [0.05, 0.1) is 11.0 Å². The third-order valence-corrected chi connectivity index (χ3v) is 7.04. The third kappa shape index (κ3) is 4.81. The predicted octanol–water partition coefficient (Wildman–Crippen LogP) is 3.73. The Kier molecular flexibility index (Phi) is 6.99. The largest absolute Gasteiger partial charge is 0.341 e. The molecular formula is C19H28FNO3S. The van der Waals surface area contributed by atoms with Crippen LogP contribution >= 0.6 is 0 Å². The molecule has 0 bridgehead atoms. The van der Waals surface area contributed by atoms with E-state index in [0.717, 1.165) is 25.7 Å². The summed E-state index contributed by atoms with van der Waals surface area (Å²) in [5.41, 5.74) is 0.218. The van der Waals surface area contributed by atoms with Gasteiger partial charge in [-0.1, -0.05) is 44.9 Å². The number of hydrogen-bond donors (Lipinski definition) is 0. The molecule has 0 radical (unpaired) electrons. The summed E-state index contributed by atoms with van der Waals surface area (Å²) in [4.78, 5) is 14.5. The molecule has 6 heteroatoms. The normalized spacial score (nSPS) is 20.5. The standard InChI is InChI=1S/C19H28FNO3S/c1-3-7-15(8-4-2)19(22)21-12-11-18(25(23,24)14-13-21)16-9-5-6-10-17(16)20/h5-6,9-10,15,18H,3-4,7-8,11-14H2,1-2H3. The molecule has 0 aliphatic carbocycles. The van der Waals surface area contributed by atoms with Crippen molar-refractivity contribution in [3.63, 3.8) is 0 Å². The Morgan fingerprint density at radius 1 is 1.20 bits per heavy atom. The van der Waals surface area contributed by atoms with E-state index in [0.29, 0.717) is 6.54 Å². The molecule has 1 aliphatic heterocycles. The molecule has 25 heavy (non-hydrogen) atoms. The van der Waals surface area contributed by atoms with Crippen LogP contribution in [-0.2, 0) is 14.6 Å². The zero-order chi connectivity index (χ0) is 18.4. The molecule has 1 aromatic carbocycles. The van der Waals surface area contributed by atoms with Gasteiger partial charge in [-0.3, -0.25) is 4.79 Å². The summed E-state index contributed by atoms with van der Waals surface area (Å²) >= 11 is 0. The molecule has 1 amide bonds. The van der Waals surface area contributed by atoms with Crippen LogP contribution in [0.25, 0.3) is 0 Å². The summed E-state index contributed by atoms with van der Waals surface area (Å²) in [5.74, 6) is -0.593. The van der Waals surface area contributed by atoms with E-state index in [1.165, 1.54) is 12.1 Å². The molecule has 0 spiro atoms. The Labute approximate surface area is 150 Å². The summed E-state index contributed by atoms with van der Waals surface area (Å²) in [6, 6.07) is 6.03. The number of nitrogens with zero attached hydrogens (tertiary/aromatic N) is 1. The first-order chi connectivity index (χ1) is 11.9. The molecular weight excluding hydrogens is 341 g/mol. The molecule has 1 aromatic rings. The van der Waals surface area contributed by atoms with Gasteiger partial charge in [-0.05, 0) is 25.3 Å². The molecule has 0 N–H and O–H groups in total. The maximum atomic E-state index is 14.1. The van der Waals surface area contributed by atoms with Crippen LogP contribution in [0.15, 0.2) is 24.3 Å². The molecule has 1 unspecified atom stereocenters. The highest BCUT2D eigenvalue weighted by molar-refractivity contribution is 7.91. The minimum atomic E-state index is -3.49. The molecule has 1 aliphatic rings. The van der Waals surface area contributed by atoms with Crippen molar-refractivity contribution in [3.05, 3.63) is 35.6 Å². The first kappa shape index (κ1) is 19.9. The van der Waals surface area contributed by atoms with E-state index < -0.39 is 20.9 Å². The van der Waals surface area contributed by atoms with Crippen LogP contribution in [0.1, 0.15) is 56.8 Å². The second-order valence-electron chi connectivity index (χ2n) is 6.77. The lowest BCUT2D eigenvalue weighted by molar-refractivity contribution is -0.135. The van der Waals surface area contributed by atoms with E-state index in [-0.39, 0.29) is 36.1 Å². The average molecular weight is 370 g/mol. The summed E-state index contributed by atoms with van der Waals surface area (Å²) < 4.78 is 39.4. The molecule has 1 atom stereocenters. The lowest BCUT2D eigenvalue weighted by atomic mass is 9.96. The minimum absolute atomic E-state index is 0.0392. The Balaban J connectivity index is 2.19. The minimum Gasteiger partial charge on any atom is -0.341 e. The van der Waals surface area contributed by atoms with Crippen molar-refractivity contribution in [1.82, 2.24) is 4.90 Å². The van der Waals surface area contributed by atoms with Gasteiger partial charge in [0.15, 0.2) is 9.84 Å². The van der Waals surface area contributed by atoms with E-state index in [9.17, 15) is 17.6 Å².